The van der Waals surface area contributed by atoms with Crippen molar-refractivity contribution in [1.29, 1.82) is 0 Å². The van der Waals surface area contributed by atoms with Crippen LogP contribution in [-0.4, -0.2) is 25.1 Å². The number of ether oxygens (including phenoxy) is 1. The van der Waals surface area contributed by atoms with Gasteiger partial charge in [0.2, 0.25) is 6.29 Å². The number of methoxy groups -OCH3 is 1. The second-order valence-corrected chi connectivity index (χ2v) is 1.61. The molecule has 0 N–H and O–H groups in total. The van der Waals surface area contributed by atoms with Crippen LogP contribution in [0.3, 0.4) is 0 Å². The van der Waals surface area contributed by atoms with Crippen molar-refractivity contribution in [2.24, 2.45) is 0 Å². The van der Waals surface area contributed by atoms with Crippen molar-refractivity contribution in [3.8, 4) is 0 Å². The van der Waals surface area contributed by atoms with E-state index in [1.54, 1.807) is 0 Å². The van der Waals surface area contributed by atoms with Gasteiger partial charge in [-0.2, -0.15) is 0 Å². The van der Waals surface area contributed by atoms with Gasteiger partial charge < -0.3 is 4.74 Å². The van der Waals surface area contributed by atoms with Gasteiger partial charge in [0, 0.05) is 0 Å². The molecule has 55 valence electrons. The van der Waals surface area contributed by atoms with Gasteiger partial charge in [-0.25, -0.2) is 0 Å². The van der Waals surface area contributed by atoms with Gasteiger partial charge in [-0.15, -0.1) is 0 Å². The third-order valence-electron chi connectivity index (χ3n) is 0.839. The van der Waals surface area contributed by atoms with Crippen molar-refractivity contribution < 1.29 is 19.1 Å². The predicted octanol–water partition coefficient (Wildman–Crippen LogP) is -0.382. The molecule has 0 saturated heterocycles. The first-order valence-electron chi connectivity index (χ1n) is 2.64. The number of rotatable bonds is 4. The Labute approximate surface area is 58.2 Å². The molecule has 0 atom stereocenters. The maximum atomic E-state index is 10.4. The first-order valence-corrected chi connectivity index (χ1v) is 2.64. The molecule has 0 fully saturated rings. The molecule has 0 bridgehead atoms. The number of hydrogen-bond donors (Lipinski definition) is 0. The van der Waals surface area contributed by atoms with Crippen LogP contribution < -0.4 is 0 Å². The molecule has 1 radical (unpaired) electrons. The summed E-state index contributed by atoms with van der Waals surface area (Å²) in [7, 11) is 1.18. The summed E-state index contributed by atoms with van der Waals surface area (Å²) in [6, 6.07) is 0. The van der Waals surface area contributed by atoms with Crippen LogP contribution in [0.25, 0.3) is 0 Å². The number of esters is 1. The van der Waals surface area contributed by atoms with Crippen molar-refractivity contribution in [3.63, 3.8) is 0 Å². The van der Waals surface area contributed by atoms with Crippen molar-refractivity contribution in [3.05, 3.63) is 0 Å². The third kappa shape index (κ3) is 3.77. The van der Waals surface area contributed by atoms with Gasteiger partial charge in [-0.1, -0.05) is 0 Å². The third-order valence-corrected chi connectivity index (χ3v) is 0.839. The van der Waals surface area contributed by atoms with E-state index in [1.165, 1.54) is 13.4 Å². The number of hydrogen-bond acceptors (Lipinski definition) is 4. The molecule has 0 amide bonds. The minimum Gasteiger partial charge on any atom is -0.469 e. The molecule has 4 heteroatoms. The summed E-state index contributed by atoms with van der Waals surface area (Å²) in [6.07, 6.45) is 0.710. The largest absolute Gasteiger partial charge is 0.469 e. The van der Waals surface area contributed by atoms with E-state index < -0.39 is 11.8 Å². The first kappa shape index (κ1) is 8.81. The predicted molar refractivity (Wildman–Crippen MR) is 32.0 cm³/mol. The lowest BCUT2D eigenvalue weighted by Crippen LogP contribution is -2.08. The molecule has 0 aromatic rings. The van der Waals surface area contributed by atoms with Crippen molar-refractivity contribution in [2.45, 2.75) is 12.8 Å². The Morgan fingerprint density at radius 2 is 2.10 bits per heavy atom. The Morgan fingerprint density at radius 1 is 1.50 bits per heavy atom. The van der Waals surface area contributed by atoms with Crippen LogP contribution >= 0.6 is 0 Å². The molecule has 0 aromatic carbocycles. The van der Waals surface area contributed by atoms with Crippen LogP contribution in [0.15, 0.2) is 0 Å². The lowest BCUT2D eigenvalue weighted by molar-refractivity contribution is -0.143. The average molecular weight is 143 g/mol. The maximum absolute atomic E-state index is 10.4. The van der Waals surface area contributed by atoms with E-state index in [4.69, 9.17) is 0 Å². The fourth-order valence-corrected chi connectivity index (χ4v) is 0.376. The molecule has 0 aliphatic rings. The lowest BCUT2D eigenvalue weighted by atomic mass is 10.2. The SMILES string of the molecule is COC(=O)CC(=O)C[C]=O. The molecular weight excluding hydrogens is 136 g/mol. The molecule has 0 saturated carbocycles. The summed E-state index contributed by atoms with van der Waals surface area (Å²) in [5.74, 6) is -1.10. The van der Waals surface area contributed by atoms with E-state index >= 15 is 0 Å². The summed E-state index contributed by atoms with van der Waals surface area (Å²) in [5, 5.41) is 0. The van der Waals surface area contributed by atoms with Crippen molar-refractivity contribution >= 4 is 18.0 Å². The zero-order chi connectivity index (χ0) is 7.98. The number of carbonyl (C=O) groups is 2. The monoisotopic (exact) mass is 143 g/mol. The minimum atomic E-state index is -0.625. The molecule has 0 heterocycles. The van der Waals surface area contributed by atoms with E-state index in [1.807, 2.05) is 0 Å². The van der Waals surface area contributed by atoms with Crippen molar-refractivity contribution in [1.82, 2.24) is 0 Å². The Kier molecular flexibility index (Phi) is 4.11. The smallest absolute Gasteiger partial charge is 0.313 e. The average Bonchev–Trinajstić information content (AvgIpc) is 1.88. The topological polar surface area (TPSA) is 60.4 Å². The van der Waals surface area contributed by atoms with E-state index in [9.17, 15) is 14.4 Å². The summed E-state index contributed by atoms with van der Waals surface area (Å²) >= 11 is 0. The minimum absolute atomic E-state index is 0.338. The van der Waals surface area contributed by atoms with Crippen LogP contribution in [0, 0.1) is 0 Å². The second-order valence-electron chi connectivity index (χ2n) is 1.61. The van der Waals surface area contributed by atoms with Crippen LogP contribution in [0.1, 0.15) is 12.8 Å². The summed E-state index contributed by atoms with van der Waals surface area (Å²) in [4.78, 5) is 30.4. The molecule has 4 nitrogen and oxygen atoms in total. The van der Waals surface area contributed by atoms with E-state index in [0.717, 1.165) is 0 Å². The Bertz CT molecular complexity index is 150. The molecule has 10 heavy (non-hydrogen) atoms. The summed E-state index contributed by atoms with van der Waals surface area (Å²) in [6.45, 7) is 0. The standard InChI is InChI=1S/C6H7O4/c1-10-6(9)4-5(8)2-3-7/h2,4H2,1H3. The highest BCUT2D eigenvalue weighted by atomic mass is 16.5. The fourth-order valence-electron chi connectivity index (χ4n) is 0.376. The van der Waals surface area contributed by atoms with Gasteiger partial charge in [0.1, 0.15) is 6.42 Å². The van der Waals surface area contributed by atoms with Gasteiger partial charge in [0.15, 0.2) is 5.78 Å². The number of carbonyl (C=O) groups excluding carboxylic acids is 3. The number of Topliss-reactive ketones (excluding diaryl/α,β-unsaturated/α-hetero) is 1. The molecular formula is C6H7O4. The van der Waals surface area contributed by atoms with Gasteiger partial charge in [0.05, 0.1) is 13.5 Å². The van der Waals surface area contributed by atoms with Gasteiger partial charge >= 0.3 is 5.97 Å². The highest BCUT2D eigenvalue weighted by molar-refractivity contribution is 6.00. The molecule has 0 spiro atoms. The normalized spacial score (nSPS) is 8.50. The Hall–Kier alpha value is -1.19. The van der Waals surface area contributed by atoms with Gasteiger partial charge in [-0.3, -0.25) is 14.4 Å². The van der Waals surface area contributed by atoms with Crippen molar-refractivity contribution in [2.75, 3.05) is 7.11 Å². The van der Waals surface area contributed by atoms with E-state index in [2.05, 4.69) is 4.74 Å². The van der Waals surface area contributed by atoms with Crippen LogP contribution in [0.2, 0.25) is 0 Å². The van der Waals surface area contributed by atoms with Gasteiger partial charge in [0.25, 0.3) is 0 Å². The molecule has 0 aromatic heterocycles. The Balaban J connectivity index is 3.57. The quantitative estimate of drug-likeness (QED) is 0.397. The molecule has 0 aliphatic heterocycles. The lowest BCUT2D eigenvalue weighted by Gasteiger charge is -1.93. The van der Waals surface area contributed by atoms with E-state index in [-0.39, 0.29) is 12.8 Å². The van der Waals surface area contributed by atoms with Crippen LogP contribution in [0.5, 0.6) is 0 Å². The van der Waals surface area contributed by atoms with Gasteiger partial charge in [-0.05, 0) is 0 Å². The number of ketones is 1. The van der Waals surface area contributed by atoms with Crippen LogP contribution in [-0.2, 0) is 19.1 Å². The first-order chi connectivity index (χ1) is 4.70. The molecule has 0 rings (SSSR count). The zero-order valence-corrected chi connectivity index (χ0v) is 5.55. The highest BCUT2D eigenvalue weighted by Crippen LogP contribution is 1.88. The second kappa shape index (κ2) is 4.67. The van der Waals surface area contributed by atoms with E-state index in [0.29, 0.717) is 0 Å². The summed E-state index contributed by atoms with van der Waals surface area (Å²) < 4.78 is 4.18. The molecule has 0 aliphatic carbocycles. The fraction of sp³-hybridized carbons (Fsp3) is 0.500. The summed E-state index contributed by atoms with van der Waals surface area (Å²) in [5.41, 5.74) is 0. The van der Waals surface area contributed by atoms with Crippen LogP contribution in [0.4, 0.5) is 0 Å². The maximum Gasteiger partial charge on any atom is 0.313 e. The highest BCUT2D eigenvalue weighted by Gasteiger charge is 2.07. The molecule has 0 unspecified atom stereocenters. The zero-order valence-electron chi connectivity index (χ0n) is 5.55. The Morgan fingerprint density at radius 3 is 2.50 bits per heavy atom.